The fraction of sp³-hybridized carbons (Fsp3) is 0.727. The van der Waals surface area contributed by atoms with E-state index < -0.39 is 5.60 Å². The molecule has 166 valence electrons. The molecular weight excluding hydrogens is 404 g/mol. The van der Waals surface area contributed by atoms with Crippen molar-refractivity contribution < 1.29 is 14.6 Å². The maximum absolute atomic E-state index is 11.3. The summed E-state index contributed by atoms with van der Waals surface area (Å²) in [4.78, 5) is 20.7. The Kier molecular flexibility index (Phi) is 7.01. The number of aromatic nitrogens is 1. The first kappa shape index (κ1) is 21.7. The first-order valence-corrected chi connectivity index (χ1v) is 11.7. The van der Waals surface area contributed by atoms with E-state index in [1.54, 1.807) is 0 Å². The number of hydrogen-bond donors (Lipinski definition) is 2. The van der Waals surface area contributed by atoms with Crippen LogP contribution >= 0.6 is 11.6 Å². The molecule has 2 saturated heterocycles. The molecule has 0 bridgehead atoms. The Morgan fingerprint density at radius 3 is 2.50 bits per heavy atom. The zero-order valence-electron chi connectivity index (χ0n) is 17.6. The quantitative estimate of drug-likeness (QED) is 0.638. The van der Waals surface area contributed by atoms with Crippen molar-refractivity contribution >= 4 is 23.2 Å². The normalized spacial score (nSPS) is 23.1. The van der Waals surface area contributed by atoms with Crippen LogP contribution in [0.1, 0.15) is 44.9 Å². The monoisotopic (exact) mass is 436 g/mol. The van der Waals surface area contributed by atoms with Crippen molar-refractivity contribution in [3.8, 4) is 5.88 Å². The first-order valence-electron chi connectivity index (χ1n) is 11.2. The third-order valence-corrected chi connectivity index (χ3v) is 7.11. The van der Waals surface area contributed by atoms with E-state index in [-0.39, 0.29) is 24.4 Å². The van der Waals surface area contributed by atoms with Crippen molar-refractivity contribution in [1.29, 1.82) is 0 Å². The molecule has 1 aliphatic carbocycles. The van der Waals surface area contributed by atoms with Crippen molar-refractivity contribution in [3.05, 3.63) is 18.3 Å². The molecule has 3 aliphatic rings. The van der Waals surface area contributed by atoms with Gasteiger partial charge in [0.05, 0.1) is 17.5 Å². The van der Waals surface area contributed by atoms with Gasteiger partial charge in [-0.25, -0.2) is 4.98 Å². The molecule has 0 radical (unpaired) electrons. The number of likely N-dealkylation sites (tertiary alicyclic amines) is 1. The molecule has 2 N–H and O–H groups in total. The molecule has 1 amide bonds. The minimum Gasteiger partial charge on any atom is -0.474 e. The minimum absolute atomic E-state index is 0.0814. The number of carbonyl (C=O) groups excluding carboxylic acids is 1. The third-order valence-electron chi connectivity index (χ3n) is 6.87. The van der Waals surface area contributed by atoms with Crippen LogP contribution in [0.2, 0.25) is 0 Å². The number of alkyl halides is 1. The van der Waals surface area contributed by atoms with Crippen molar-refractivity contribution in [2.75, 3.05) is 43.5 Å². The van der Waals surface area contributed by atoms with Crippen LogP contribution in [0.25, 0.3) is 0 Å². The Hall–Kier alpha value is -1.57. The largest absolute Gasteiger partial charge is 0.474 e. The number of pyridine rings is 1. The lowest BCUT2D eigenvalue weighted by molar-refractivity contribution is -0.120. The van der Waals surface area contributed by atoms with Gasteiger partial charge in [0.1, 0.15) is 12.0 Å². The van der Waals surface area contributed by atoms with E-state index >= 15 is 0 Å². The number of aliphatic hydroxyl groups is 1. The predicted molar refractivity (Wildman–Crippen MR) is 117 cm³/mol. The molecule has 30 heavy (non-hydrogen) atoms. The molecule has 1 aromatic heterocycles. The zero-order valence-corrected chi connectivity index (χ0v) is 18.3. The summed E-state index contributed by atoms with van der Waals surface area (Å²) in [7, 11) is 0. The summed E-state index contributed by atoms with van der Waals surface area (Å²) in [6.07, 6.45) is 9.57. The van der Waals surface area contributed by atoms with E-state index in [0.29, 0.717) is 18.7 Å². The number of ether oxygens (including phenoxy) is 1. The fourth-order valence-electron chi connectivity index (χ4n) is 4.58. The molecule has 4 rings (SSSR count). The molecule has 3 heterocycles. The average molecular weight is 437 g/mol. The summed E-state index contributed by atoms with van der Waals surface area (Å²) in [5.41, 5.74) is 0.164. The molecule has 8 heteroatoms. The highest BCUT2D eigenvalue weighted by atomic mass is 35.5. The van der Waals surface area contributed by atoms with Crippen LogP contribution < -0.4 is 15.0 Å². The molecule has 1 aromatic rings. The predicted octanol–water partition coefficient (Wildman–Crippen LogP) is 2.16. The summed E-state index contributed by atoms with van der Waals surface area (Å²) in [5, 5.41) is 13.3. The van der Waals surface area contributed by atoms with Gasteiger partial charge in [-0.15, -0.1) is 11.6 Å². The van der Waals surface area contributed by atoms with Gasteiger partial charge in [0.2, 0.25) is 11.8 Å². The van der Waals surface area contributed by atoms with Gasteiger partial charge in [-0.1, -0.05) is 6.42 Å². The van der Waals surface area contributed by atoms with Gasteiger partial charge >= 0.3 is 0 Å². The van der Waals surface area contributed by atoms with Gasteiger partial charge in [0.25, 0.3) is 0 Å². The highest BCUT2D eigenvalue weighted by Crippen LogP contribution is 2.29. The number of hydrogen-bond acceptors (Lipinski definition) is 6. The van der Waals surface area contributed by atoms with E-state index in [1.807, 2.05) is 18.3 Å². The standard InChI is InChI=1S/C22H33ClN4O3/c23-14-20(28)25-16-22(29)8-12-27(13-9-22)18-4-5-21(24-15-18)30-19-6-10-26(11-7-19)17-2-1-3-17/h4-5,15,17,19,29H,1-3,6-14,16H2,(H,25,28). The Bertz CT molecular complexity index is 697. The molecule has 2 aliphatic heterocycles. The lowest BCUT2D eigenvalue weighted by Gasteiger charge is -2.41. The Labute approximate surface area is 183 Å². The first-order chi connectivity index (χ1) is 14.5. The molecule has 7 nitrogen and oxygen atoms in total. The van der Waals surface area contributed by atoms with Crippen LogP contribution in [0, 0.1) is 0 Å². The van der Waals surface area contributed by atoms with Crippen molar-refractivity contribution in [2.45, 2.75) is 62.7 Å². The molecule has 0 aromatic carbocycles. The van der Waals surface area contributed by atoms with E-state index in [1.165, 1.54) is 19.3 Å². The summed E-state index contributed by atoms with van der Waals surface area (Å²) in [5.74, 6) is 0.362. The average Bonchev–Trinajstić information content (AvgIpc) is 2.73. The van der Waals surface area contributed by atoms with Gasteiger partial charge in [0, 0.05) is 44.8 Å². The number of rotatable bonds is 7. The van der Waals surface area contributed by atoms with E-state index in [9.17, 15) is 9.90 Å². The van der Waals surface area contributed by atoms with Crippen LogP contribution in [-0.2, 0) is 4.79 Å². The Morgan fingerprint density at radius 2 is 1.93 bits per heavy atom. The summed E-state index contributed by atoms with van der Waals surface area (Å²) < 4.78 is 6.13. The van der Waals surface area contributed by atoms with Crippen LogP contribution in [-0.4, -0.2) is 77.2 Å². The van der Waals surface area contributed by atoms with Crippen LogP contribution in [0.5, 0.6) is 5.88 Å². The van der Waals surface area contributed by atoms with Gasteiger partial charge in [-0.2, -0.15) is 0 Å². The number of nitrogens with zero attached hydrogens (tertiary/aromatic N) is 3. The molecule has 1 saturated carbocycles. The lowest BCUT2D eigenvalue weighted by atomic mass is 9.90. The second-order valence-corrected chi connectivity index (χ2v) is 9.18. The smallest absolute Gasteiger partial charge is 0.235 e. The molecule has 0 atom stereocenters. The fourth-order valence-corrected chi connectivity index (χ4v) is 4.67. The number of halogens is 1. The maximum Gasteiger partial charge on any atom is 0.235 e. The number of amides is 1. The van der Waals surface area contributed by atoms with E-state index in [0.717, 1.165) is 50.7 Å². The highest BCUT2D eigenvalue weighted by Gasteiger charge is 2.33. The Balaban J connectivity index is 1.22. The lowest BCUT2D eigenvalue weighted by Crippen LogP contribution is -2.51. The van der Waals surface area contributed by atoms with Crippen molar-refractivity contribution in [3.63, 3.8) is 0 Å². The van der Waals surface area contributed by atoms with E-state index in [2.05, 4.69) is 20.1 Å². The number of piperidine rings is 2. The topological polar surface area (TPSA) is 77.9 Å². The zero-order chi connectivity index (χ0) is 21.0. The number of carbonyl (C=O) groups is 1. The number of nitrogens with one attached hydrogen (secondary N) is 1. The van der Waals surface area contributed by atoms with Gasteiger partial charge in [-0.3, -0.25) is 4.79 Å². The van der Waals surface area contributed by atoms with Crippen LogP contribution in [0.4, 0.5) is 5.69 Å². The van der Waals surface area contributed by atoms with Gasteiger partial charge < -0.3 is 25.0 Å². The Morgan fingerprint density at radius 1 is 1.20 bits per heavy atom. The third kappa shape index (κ3) is 5.37. The van der Waals surface area contributed by atoms with Gasteiger partial charge in [-0.05, 0) is 44.6 Å². The van der Waals surface area contributed by atoms with Crippen LogP contribution in [0.3, 0.4) is 0 Å². The molecule has 0 spiro atoms. The summed E-state index contributed by atoms with van der Waals surface area (Å²) in [6.45, 7) is 3.95. The molecular formula is C22H33ClN4O3. The SMILES string of the molecule is O=C(CCl)NCC1(O)CCN(c2ccc(OC3CCN(C4CCC4)CC3)nc2)CC1. The second kappa shape index (κ2) is 9.71. The summed E-state index contributed by atoms with van der Waals surface area (Å²) in [6, 6.07) is 4.82. The highest BCUT2D eigenvalue weighted by molar-refractivity contribution is 6.27. The maximum atomic E-state index is 11.3. The minimum atomic E-state index is -0.872. The number of anilines is 1. The van der Waals surface area contributed by atoms with Crippen molar-refractivity contribution in [2.24, 2.45) is 0 Å². The van der Waals surface area contributed by atoms with Crippen LogP contribution in [0.15, 0.2) is 18.3 Å². The van der Waals surface area contributed by atoms with Crippen molar-refractivity contribution in [1.82, 2.24) is 15.2 Å². The molecule has 3 fully saturated rings. The van der Waals surface area contributed by atoms with E-state index in [4.69, 9.17) is 16.3 Å². The second-order valence-electron chi connectivity index (χ2n) is 8.91. The molecule has 0 unspecified atom stereocenters. The van der Waals surface area contributed by atoms with Gasteiger partial charge in [0.15, 0.2) is 0 Å². The summed E-state index contributed by atoms with van der Waals surface area (Å²) >= 11 is 5.50.